The minimum Gasteiger partial charge on any atom is -0.385 e. The lowest BCUT2D eigenvalue weighted by atomic mass is 10.2. The van der Waals surface area contributed by atoms with Crippen LogP contribution >= 0.6 is 0 Å². The van der Waals surface area contributed by atoms with E-state index >= 15 is 0 Å². The highest BCUT2D eigenvalue weighted by Gasteiger charge is 2.06. The third-order valence-corrected chi connectivity index (χ3v) is 2.68. The normalized spacial score (nSPS) is 11.7. The molecular weight excluding hydrogens is 228 g/mol. The van der Waals surface area contributed by atoms with E-state index in [1.54, 1.807) is 7.11 Å². The van der Waals surface area contributed by atoms with Crippen molar-refractivity contribution >= 4 is 0 Å². The van der Waals surface area contributed by atoms with Crippen molar-refractivity contribution in [2.24, 2.45) is 5.92 Å². The quantitative estimate of drug-likeness (QED) is 0.630. The summed E-state index contributed by atoms with van der Waals surface area (Å²) in [5.41, 5.74) is 1.05. The van der Waals surface area contributed by atoms with Gasteiger partial charge in [-0.15, -0.1) is 5.10 Å². The van der Waals surface area contributed by atoms with E-state index < -0.39 is 0 Å². The SMILES string of the molecule is COCCCCn1cc(CN(C)CC(C)C)nn1. The lowest BCUT2D eigenvalue weighted by molar-refractivity contribution is 0.191. The highest BCUT2D eigenvalue weighted by Crippen LogP contribution is 2.03. The van der Waals surface area contributed by atoms with Crippen molar-refractivity contribution in [1.29, 1.82) is 0 Å². The van der Waals surface area contributed by atoms with Crippen molar-refractivity contribution in [3.05, 3.63) is 11.9 Å². The van der Waals surface area contributed by atoms with E-state index in [0.717, 1.165) is 44.8 Å². The lowest BCUT2D eigenvalue weighted by Gasteiger charge is -2.16. The number of rotatable bonds is 9. The largest absolute Gasteiger partial charge is 0.385 e. The first-order valence-electron chi connectivity index (χ1n) is 6.68. The van der Waals surface area contributed by atoms with E-state index in [-0.39, 0.29) is 0 Å². The van der Waals surface area contributed by atoms with Crippen LogP contribution in [-0.2, 0) is 17.8 Å². The molecule has 104 valence electrons. The molecule has 0 bridgehead atoms. The van der Waals surface area contributed by atoms with E-state index in [2.05, 4.69) is 36.1 Å². The topological polar surface area (TPSA) is 43.2 Å². The van der Waals surface area contributed by atoms with Crippen LogP contribution < -0.4 is 0 Å². The molecule has 1 rings (SSSR count). The molecule has 0 unspecified atom stereocenters. The highest BCUT2D eigenvalue weighted by atomic mass is 16.5. The van der Waals surface area contributed by atoms with E-state index in [1.165, 1.54) is 0 Å². The zero-order chi connectivity index (χ0) is 13.4. The van der Waals surface area contributed by atoms with Gasteiger partial charge in [-0.25, -0.2) is 0 Å². The molecule has 0 aliphatic rings. The molecule has 5 nitrogen and oxygen atoms in total. The molecule has 0 saturated carbocycles. The number of aryl methyl sites for hydroxylation is 1. The summed E-state index contributed by atoms with van der Waals surface area (Å²) in [4.78, 5) is 2.28. The molecule has 0 atom stereocenters. The summed E-state index contributed by atoms with van der Waals surface area (Å²) >= 11 is 0. The van der Waals surface area contributed by atoms with Gasteiger partial charge < -0.3 is 9.64 Å². The second kappa shape index (κ2) is 8.21. The summed E-state index contributed by atoms with van der Waals surface area (Å²) in [5, 5.41) is 8.35. The van der Waals surface area contributed by atoms with Crippen molar-refractivity contribution in [2.75, 3.05) is 27.3 Å². The summed E-state index contributed by atoms with van der Waals surface area (Å²) in [5.74, 6) is 0.680. The van der Waals surface area contributed by atoms with Crippen LogP contribution in [0.2, 0.25) is 0 Å². The summed E-state index contributed by atoms with van der Waals surface area (Å²) in [7, 11) is 3.86. The zero-order valence-corrected chi connectivity index (χ0v) is 12.1. The highest BCUT2D eigenvalue weighted by molar-refractivity contribution is 4.91. The maximum absolute atomic E-state index is 5.02. The van der Waals surface area contributed by atoms with E-state index in [4.69, 9.17) is 4.74 Å². The smallest absolute Gasteiger partial charge is 0.0967 e. The second-order valence-electron chi connectivity index (χ2n) is 5.26. The summed E-state index contributed by atoms with van der Waals surface area (Å²) in [6, 6.07) is 0. The molecule has 0 N–H and O–H groups in total. The Morgan fingerprint density at radius 3 is 2.83 bits per heavy atom. The molecule has 1 heterocycles. The van der Waals surface area contributed by atoms with Gasteiger partial charge in [0, 0.05) is 39.5 Å². The molecular formula is C13H26N4O. The molecule has 1 aromatic rings. The molecule has 1 aromatic heterocycles. The van der Waals surface area contributed by atoms with E-state index in [0.29, 0.717) is 5.92 Å². The Hall–Kier alpha value is -0.940. The van der Waals surface area contributed by atoms with Crippen LogP contribution in [0.5, 0.6) is 0 Å². The number of unbranched alkanes of at least 4 members (excludes halogenated alkanes) is 1. The Morgan fingerprint density at radius 1 is 1.39 bits per heavy atom. The Morgan fingerprint density at radius 2 is 2.17 bits per heavy atom. The molecule has 0 radical (unpaired) electrons. The molecule has 18 heavy (non-hydrogen) atoms. The fourth-order valence-corrected chi connectivity index (χ4v) is 2.00. The van der Waals surface area contributed by atoms with E-state index in [9.17, 15) is 0 Å². The molecule has 0 aromatic carbocycles. The van der Waals surface area contributed by atoms with Crippen LogP contribution in [0.3, 0.4) is 0 Å². The van der Waals surface area contributed by atoms with Gasteiger partial charge in [0.15, 0.2) is 0 Å². The lowest BCUT2D eigenvalue weighted by Crippen LogP contribution is -2.22. The number of hydrogen-bond donors (Lipinski definition) is 0. The van der Waals surface area contributed by atoms with Gasteiger partial charge in [-0.05, 0) is 25.8 Å². The van der Waals surface area contributed by atoms with Crippen LogP contribution in [0, 0.1) is 5.92 Å². The van der Waals surface area contributed by atoms with Crippen LogP contribution in [0.1, 0.15) is 32.4 Å². The van der Waals surface area contributed by atoms with Gasteiger partial charge >= 0.3 is 0 Å². The van der Waals surface area contributed by atoms with Gasteiger partial charge in [0.25, 0.3) is 0 Å². The van der Waals surface area contributed by atoms with Crippen molar-refractivity contribution in [1.82, 2.24) is 19.9 Å². The summed E-state index contributed by atoms with van der Waals surface area (Å²) in [6.07, 6.45) is 4.20. The minimum atomic E-state index is 0.680. The molecule has 0 fully saturated rings. The van der Waals surface area contributed by atoms with Gasteiger partial charge in [0.1, 0.15) is 0 Å². The van der Waals surface area contributed by atoms with Gasteiger partial charge in [-0.2, -0.15) is 0 Å². The Balaban J connectivity index is 2.29. The predicted molar refractivity (Wildman–Crippen MR) is 72.3 cm³/mol. The fraction of sp³-hybridized carbons (Fsp3) is 0.846. The monoisotopic (exact) mass is 254 g/mol. The average Bonchev–Trinajstić information content (AvgIpc) is 2.71. The average molecular weight is 254 g/mol. The van der Waals surface area contributed by atoms with Gasteiger partial charge in [0.05, 0.1) is 5.69 Å². The number of ether oxygens (including phenoxy) is 1. The second-order valence-corrected chi connectivity index (χ2v) is 5.26. The van der Waals surface area contributed by atoms with Crippen molar-refractivity contribution in [2.45, 2.75) is 39.8 Å². The molecule has 0 amide bonds. The number of hydrogen-bond acceptors (Lipinski definition) is 4. The summed E-state index contributed by atoms with van der Waals surface area (Å²) < 4.78 is 6.95. The molecule has 0 aliphatic heterocycles. The molecule has 0 spiro atoms. The molecule has 0 aliphatic carbocycles. The number of methoxy groups -OCH3 is 1. The molecule has 0 saturated heterocycles. The van der Waals surface area contributed by atoms with Crippen molar-refractivity contribution in [3.8, 4) is 0 Å². The maximum Gasteiger partial charge on any atom is 0.0967 e. The number of nitrogens with zero attached hydrogens (tertiary/aromatic N) is 4. The fourth-order valence-electron chi connectivity index (χ4n) is 2.00. The maximum atomic E-state index is 5.02. The molecule has 5 heteroatoms. The first kappa shape index (κ1) is 15.1. The van der Waals surface area contributed by atoms with Crippen LogP contribution in [-0.4, -0.2) is 47.2 Å². The third kappa shape index (κ3) is 6.12. The number of aromatic nitrogens is 3. The standard InChI is InChI=1S/C13H26N4O/c1-12(2)9-16(3)10-13-11-17(15-14-13)7-5-6-8-18-4/h11-12H,5-10H2,1-4H3. The summed E-state index contributed by atoms with van der Waals surface area (Å²) in [6.45, 7) is 8.15. The van der Waals surface area contributed by atoms with Crippen molar-refractivity contribution in [3.63, 3.8) is 0 Å². The Bertz CT molecular complexity index is 325. The van der Waals surface area contributed by atoms with E-state index in [1.807, 2.05) is 10.9 Å². The Labute approximate surface area is 110 Å². The van der Waals surface area contributed by atoms with Gasteiger partial charge in [0.2, 0.25) is 0 Å². The minimum absolute atomic E-state index is 0.680. The van der Waals surface area contributed by atoms with Gasteiger partial charge in [-0.3, -0.25) is 4.68 Å². The third-order valence-electron chi connectivity index (χ3n) is 2.68. The first-order chi connectivity index (χ1) is 8.61. The van der Waals surface area contributed by atoms with Crippen LogP contribution in [0.25, 0.3) is 0 Å². The van der Waals surface area contributed by atoms with Crippen LogP contribution in [0.15, 0.2) is 6.20 Å². The predicted octanol–water partition coefficient (Wildman–Crippen LogP) is 1.79. The zero-order valence-electron chi connectivity index (χ0n) is 12.1. The Kier molecular flexibility index (Phi) is 6.90. The first-order valence-corrected chi connectivity index (χ1v) is 6.68. The van der Waals surface area contributed by atoms with Crippen LogP contribution in [0.4, 0.5) is 0 Å². The van der Waals surface area contributed by atoms with Crippen molar-refractivity contribution < 1.29 is 4.74 Å². The van der Waals surface area contributed by atoms with Gasteiger partial charge in [-0.1, -0.05) is 19.1 Å².